The van der Waals surface area contributed by atoms with E-state index < -0.39 is 0 Å². The third kappa shape index (κ3) is 3.12. The van der Waals surface area contributed by atoms with Crippen LogP contribution in [0.5, 0.6) is 5.75 Å². The second-order valence-corrected chi connectivity index (χ2v) is 6.46. The third-order valence-corrected chi connectivity index (χ3v) is 4.99. The fourth-order valence-electron chi connectivity index (χ4n) is 3.61. The Kier molecular flexibility index (Phi) is 4.67. The normalized spacial score (nSPS) is 22.3. The van der Waals surface area contributed by atoms with E-state index in [9.17, 15) is 4.79 Å². The molecule has 2 heterocycles. The standard InChI is InChI=1S/C18H26N2O2/c1-14-6-3-4-10-19(14)13-18(21)20-11-5-7-15-12-16(22-2)8-9-17(15)20/h8-9,12,14H,3-7,10-11,13H2,1-2H3. The second-order valence-electron chi connectivity index (χ2n) is 6.46. The zero-order chi connectivity index (χ0) is 15.5. The van der Waals surface area contributed by atoms with Crippen LogP contribution in [0.15, 0.2) is 18.2 Å². The SMILES string of the molecule is COc1ccc2c(c1)CCCN2C(=O)CN1CCCCC1C. The van der Waals surface area contributed by atoms with Crippen LogP contribution in [-0.4, -0.2) is 43.6 Å². The minimum Gasteiger partial charge on any atom is -0.497 e. The van der Waals surface area contributed by atoms with Crippen LogP contribution in [-0.2, 0) is 11.2 Å². The first-order valence-corrected chi connectivity index (χ1v) is 8.40. The van der Waals surface area contributed by atoms with E-state index in [-0.39, 0.29) is 5.91 Å². The Bertz CT molecular complexity index is 544. The molecule has 1 aromatic rings. The molecule has 1 aromatic carbocycles. The first-order valence-electron chi connectivity index (χ1n) is 8.40. The molecular formula is C18H26N2O2. The highest BCUT2D eigenvalue weighted by molar-refractivity contribution is 5.96. The van der Waals surface area contributed by atoms with Crippen LogP contribution in [0.2, 0.25) is 0 Å². The molecule has 120 valence electrons. The van der Waals surface area contributed by atoms with E-state index in [1.807, 2.05) is 17.0 Å². The maximum absolute atomic E-state index is 12.8. The summed E-state index contributed by atoms with van der Waals surface area (Å²) < 4.78 is 5.30. The van der Waals surface area contributed by atoms with Gasteiger partial charge in [-0.15, -0.1) is 0 Å². The highest BCUT2D eigenvalue weighted by Crippen LogP contribution is 2.30. The van der Waals surface area contributed by atoms with Gasteiger partial charge in [0.15, 0.2) is 0 Å². The molecule has 3 rings (SSSR count). The number of carbonyl (C=O) groups is 1. The van der Waals surface area contributed by atoms with Gasteiger partial charge in [0.1, 0.15) is 5.75 Å². The van der Waals surface area contributed by atoms with Gasteiger partial charge >= 0.3 is 0 Å². The van der Waals surface area contributed by atoms with E-state index in [4.69, 9.17) is 4.74 Å². The minimum atomic E-state index is 0.236. The second kappa shape index (κ2) is 6.69. The molecule has 0 radical (unpaired) electrons. The highest BCUT2D eigenvalue weighted by Gasteiger charge is 2.27. The molecule has 2 aliphatic heterocycles. The quantitative estimate of drug-likeness (QED) is 0.861. The van der Waals surface area contributed by atoms with Crippen LogP contribution in [0.3, 0.4) is 0 Å². The Hall–Kier alpha value is -1.55. The molecule has 4 nitrogen and oxygen atoms in total. The number of benzene rings is 1. The van der Waals surface area contributed by atoms with Gasteiger partial charge in [0.25, 0.3) is 0 Å². The molecule has 0 N–H and O–H groups in total. The summed E-state index contributed by atoms with van der Waals surface area (Å²) in [4.78, 5) is 17.1. The molecule has 4 heteroatoms. The van der Waals surface area contributed by atoms with Gasteiger partial charge < -0.3 is 9.64 Å². The molecule has 0 spiro atoms. The van der Waals surface area contributed by atoms with Crippen LogP contribution in [0.4, 0.5) is 5.69 Å². The summed E-state index contributed by atoms with van der Waals surface area (Å²) in [6, 6.07) is 6.58. The third-order valence-electron chi connectivity index (χ3n) is 4.99. The molecule has 1 unspecified atom stereocenters. The molecule has 1 atom stereocenters. The zero-order valence-electron chi connectivity index (χ0n) is 13.7. The molecule has 2 aliphatic rings. The maximum atomic E-state index is 12.8. The predicted octanol–water partition coefficient (Wildman–Crippen LogP) is 2.85. The summed E-state index contributed by atoms with van der Waals surface area (Å²) in [5, 5.41) is 0. The Morgan fingerprint density at radius 2 is 2.14 bits per heavy atom. The van der Waals surface area contributed by atoms with Crippen molar-refractivity contribution in [2.75, 3.05) is 31.6 Å². The molecule has 1 saturated heterocycles. The molecule has 0 aliphatic carbocycles. The molecule has 0 bridgehead atoms. The number of hydrogen-bond acceptors (Lipinski definition) is 3. The lowest BCUT2D eigenvalue weighted by molar-refractivity contribution is -0.120. The molecule has 22 heavy (non-hydrogen) atoms. The lowest BCUT2D eigenvalue weighted by atomic mass is 10.0. The first-order chi connectivity index (χ1) is 10.7. The van der Waals surface area contributed by atoms with Crippen molar-refractivity contribution in [1.29, 1.82) is 0 Å². The Morgan fingerprint density at radius 1 is 1.27 bits per heavy atom. The number of piperidine rings is 1. The van der Waals surface area contributed by atoms with Crippen molar-refractivity contribution in [3.63, 3.8) is 0 Å². The van der Waals surface area contributed by atoms with Crippen molar-refractivity contribution in [3.05, 3.63) is 23.8 Å². The number of anilines is 1. The average Bonchev–Trinajstić information content (AvgIpc) is 2.55. The van der Waals surface area contributed by atoms with Crippen molar-refractivity contribution >= 4 is 11.6 Å². The summed E-state index contributed by atoms with van der Waals surface area (Å²) >= 11 is 0. The number of rotatable bonds is 3. The lowest BCUT2D eigenvalue weighted by Gasteiger charge is -2.36. The van der Waals surface area contributed by atoms with Crippen molar-refractivity contribution in [2.45, 2.75) is 45.1 Å². The number of hydrogen-bond donors (Lipinski definition) is 0. The molecule has 1 amide bonds. The van der Waals surface area contributed by atoms with Gasteiger partial charge in [0.05, 0.1) is 13.7 Å². The van der Waals surface area contributed by atoms with E-state index >= 15 is 0 Å². The van der Waals surface area contributed by atoms with Gasteiger partial charge in [0.2, 0.25) is 5.91 Å². The number of nitrogens with zero attached hydrogens (tertiary/aromatic N) is 2. The van der Waals surface area contributed by atoms with E-state index in [2.05, 4.69) is 17.9 Å². The Morgan fingerprint density at radius 3 is 2.91 bits per heavy atom. The van der Waals surface area contributed by atoms with E-state index in [1.54, 1.807) is 7.11 Å². The largest absolute Gasteiger partial charge is 0.497 e. The summed E-state index contributed by atoms with van der Waals surface area (Å²) in [6.45, 7) is 4.67. The van der Waals surface area contributed by atoms with Crippen LogP contribution in [0.25, 0.3) is 0 Å². The topological polar surface area (TPSA) is 32.8 Å². The van der Waals surface area contributed by atoms with Gasteiger partial charge in [-0.05, 0) is 62.9 Å². The van der Waals surface area contributed by atoms with Gasteiger partial charge in [-0.25, -0.2) is 0 Å². The number of likely N-dealkylation sites (tertiary alicyclic amines) is 1. The van der Waals surface area contributed by atoms with Gasteiger partial charge in [-0.2, -0.15) is 0 Å². The van der Waals surface area contributed by atoms with Gasteiger partial charge in [-0.1, -0.05) is 6.42 Å². The van der Waals surface area contributed by atoms with Crippen molar-refractivity contribution < 1.29 is 9.53 Å². The molecule has 0 aromatic heterocycles. The predicted molar refractivity (Wildman–Crippen MR) is 88.6 cm³/mol. The Balaban J connectivity index is 1.74. The van der Waals surface area contributed by atoms with Crippen LogP contribution in [0, 0.1) is 0 Å². The average molecular weight is 302 g/mol. The number of amides is 1. The highest BCUT2D eigenvalue weighted by atomic mass is 16.5. The summed E-state index contributed by atoms with van der Waals surface area (Å²) in [5.74, 6) is 1.11. The first kappa shape index (κ1) is 15.3. The summed E-state index contributed by atoms with van der Waals surface area (Å²) in [5.41, 5.74) is 2.30. The van der Waals surface area contributed by atoms with E-state index in [0.717, 1.165) is 37.4 Å². The smallest absolute Gasteiger partial charge is 0.241 e. The molecule has 0 saturated carbocycles. The maximum Gasteiger partial charge on any atom is 0.241 e. The van der Waals surface area contributed by atoms with Crippen LogP contribution >= 0.6 is 0 Å². The van der Waals surface area contributed by atoms with Gasteiger partial charge in [-0.3, -0.25) is 9.69 Å². The van der Waals surface area contributed by atoms with Crippen molar-refractivity contribution in [2.24, 2.45) is 0 Å². The van der Waals surface area contributed by atoms with E-state index in [0.29, 0.717) is 12.6 Å². The Labute approximate surface area is 133 Å². The summed E-state index contributed by atoms with van der Waals surface area (Å²) in [6.07, 6.45) is 5.77. The van der Waals surface area contributed by atoms with Crippen molar-refractivity contribution in [3.8, 4) is 5.75 Å². The van der Waals surface area contributed by atoms with Crippen LogP contribution in [0.1, 0.15) is 38.2 Å². The molecular weight excluding hydrogens is 276 g/mol. The van der Waals surface area contributed by atoms with Crippen molar-refractivity contribution in [1.82, 2.24) is 4.90 Å². The number of ether oxygens (including phenoxy) is 1. The number of carbonyl (C=O) groups excluding carboxylic acids is 1. The summed E-state index contributed by atoms with van der Waals surface area (Å²) in [7, 11) is 1.69. The van der Waals surface area contributed by atoms with Crippen LogP contribution < -0.4 is 9.64 Å². The monoisotopic (exact) mass is 302 g/mol. The lowest BCUT2D eigenvalue weighted by Crippen LogP contribution is -2.47. The fourth-order valence-corrected chi connectivity index (χ4v) is 3.61. The number of methoxy groups -OCH3 is 1. The zero-order valence-corrected chi connectivity index (χ0v) is 13.7. The van der Waals surface area contributed by atoms with Gasteiger partial charge in [0, 0.05) is 18.3 Å². The van der Waals surface area contributed by atoms with E-state index in [1.165, 1.54) is 24.8 Å². The molecule has 1 fully saturated rings. The fraction of sp³-hybridized carbons (Fsp3) is 0.611. The number of aryl methyl sites for hydroxylation is 1. The number of fused-ring (bicyclic) bond motifs is 1. The minimum absolute atomic E-state index is 0.236.